The molecule has 7 heteroatoms. The summed E-state index contributed by atoms with van der Waals surface area (Å²) in [7, 11) is 2.00. The Kier molecular flexibility index (Phi) is 5.31. The minimum atomic E-state index is -0.270. The van der Waals surface area contributed by atoms with E-state index in [9.17, 15) is 10.1 Å². The number of urea groups is 1. The number of hydrogen-bond acceptors (Lipinski definition) is 5. The molecule has 150 valence electrons. The number of rotatable bonds is 2. The van der Waals surface area contributed by atoms with E-state index >= 15 is 0 Å². The summed E-state index contributed by atoms with van der Waals surface area (Å²) in [6, 6.07) is 18.4. The molecule has 2 aromatic heterocycles. The Labute approximate surface area is 175 Å². The maximum absolute atomic E-state index is 13.2. The number of hydrogen-bond donors (Lipinski definition) is 1. The molecule has 3 heterocycles. The van der Waals surface area contributed by atoms with Gasteiger partial charge in [0.1, 0.15) is 5.82 Å². The molecule has 3 aromatic rings. The van der Waals surface area contributed by atoms with Crippen LogP contribution < -0.4 is 15.1 Å². The van der Waals surface area contributed by atoms with Crippen LogP contribution in [0.15, 0.2) is 60.8 Å². The second-order valence-corrected chi connectivity index (χ2v) is 7.31. The Hall–Kier alpha value is -3.92. The quantitative estimate of drug-likeness (QED) is 0.696. The van der Waals surface area contributed by atoms with E-state index in [1.165, 1.54) is 0 Å². The molecule has 4 rings (SSSR count). The largest absolute Gasteiger partial charge is 0.372 e. The molecule has 7 nitrogen and oxygen atoms in total. The van der Waals surface area contributed by atoms with Gasteiger partial charge in [-0.3, -0.25) is 10.2 Å². The molecule has 0 fully saturated rings. The van der Waals surface area contributed by atoms with E-state index in [1.54, 1.807) is 35.4 Å². The molecule has 0 unspecified atom stereocenters. The number of fused-ring (bicyclic) bond motifs is 1. The molecular weight excluding hydrogens is 376 g/mol. The summed E-state index contributed by atoms with van der Waals surface area (Å²) in [5.41, 5.74) is 3.00. The molecule has 1 N–H and O–H groups in total. The highest BCUT2D eigenvalue weighted by atomic mass is 16.2. The third-order valence-corrected chi connectivity index (χ3v) is 5.22. The summed E-state index contributed by atoms with van der Waals surface area (Å²) >= 11 is 0. The Balaban J connectivity index is 1.77. The molecular formula is C23H22N6O. The van der Waals surface area contributed by atoms with E-state index in [-0.39, 0.29) is 12.1 Å². The van der Waals surface area contributed by atoms with Crippen LogP contribution >= 0.6 is 0 Å². The highest BCUT2D eigenvalue weighted by molar-refractivity contribution is 6.03. The van der Waals surface area contributed by atoms with Crippen LogP contribution in [0.1, 0.15) is 18.9 Å². The van der Waals surface area contributed by atoms with Crippen molar-refractivity contribution in [1.82, 2.24) is 9.97 Å². The fraction of sp³-hybridized carbons (Fsp3) is 0.217. The van der Waals surface area contributed by atoms with Crippen molar-refractivity contribution >= 4 is 23.4 Å². The normalized spacial score (nSPS) is 15.7. The number of anilines is 3. The third-order valence-electron chi connectivity index (χ3n) is 5.22. The van der Waals surface area contributed by atoms with Crippen LogP contribution in [0.4, 0.5) is 22.1 Å². The SMILES string of the molecule is C[C@@H]1CCN(C)c2ccc(-c3cccc(C#N)c3)nc2N1C(=O)Nc1ccccn1. The summed E-state index contributed by atoms with van der Waals surface area (Å²) < 4.78 is 0. The van der Waals surface area contributed by atoms with Gasteiger partial charge in [0, 0.05) is 31.4 Å². The number of aromatic nitrogens is 2. The summed E-state index contributed by atoms with van der Waals surface area (Å²) in [5, 5.41) is 12.1. The summed E-state index contributed by atoms with van der Waals surface area (Å²) in [5.74, 6) is 1.09. The lowest BCUT2D eigenvalue weighted by molar-refractivity contribution is 0.255. The average molecular weight is 398 g/mol. The Morgan fingerprint density at radius 2 is 2.07 bits per heavy atom. The predicted octanol–water partition coefficient (Wildman–Crippen LogP) is 4.28. The van der Waals surface area contributed by atoms with Crippen molar-refractivity contribution in [2.45, 2.75) is 19.4 Å². The molecule has 0 spiro atoms. The smallest absolute Gasteiger partial charge is 0.328 e. The highest BCUT2D eigenvalue weighted by Crippen LogP contribution is 2.35. The molecule has 2 amide bonds. The van der Waals surface area contributed by atoms with Gasteiger partial charge in [-0.2, -0.15) is 5.26 Å². The summed E-state index contributed by atoms with van der Waals surface area (Å²) in [6.07, 6.45) is 2.45. The minimum Gasteiger partial charge on any atom is -0.372 e. The minimum absolute atomic E-state index is 0.0504. The van der Waals surface area contributed by atoms with Crippen molar-refractivity contribution in [3.8, 4) is 17.3 Å². The third kappa shape index (κ3) is 3.80. The number of pyridine rings is 2. The highest BCUT2D eigenvalue weighted by Gasteiger charge is 2.30. The zero-order valence-electron chi connectivity index (χ0n) is 16.9. The van der Waals surface area contributed by atoms with Gasteiger partial charge in [0.15, 0.2) is 5.82 Å². The fourth-order valence-electron chi connectivity index (χ4n) is 3.57. The predicted molar refractivity (Wildman–Crippen MR) is 117 cm³/mol. The van der Waals surface area contributed by atoms with Crippen LogP contribution in [0.25, 0.3) is 11.3 Å². The number of nitrogens with zero attached hydrogens (tertiary/aromatic N) is 5. The van der Waals surface area contributed by atoms with Crippen LogP contribution in [0.3, 0.4) is 0 Å². The maximum atomic E-state index is 13.2. The molecule has 1 aromatic carbocycles. The molecule has 1 aliphatic heterocycles. The molecule has 0 radical (unpaired) electrons. The van der Waals surface area contributed by atoms with E-state index in [0.717, 1.165) is 24.2 Å². The molecule has 30 heavy (non-hydrogen) atoms. The van der Waals surface area contributed by atoms with Gasteiger partial charge in [-0.25, -0.2) is 14.8 Å². The first-order chi connectivity index (χ1) is 14.6. The Bertz CT molecular complexity index is 1110. The number of carbonyl (C=O) groups is 1. The van der Waals surface area contributed by atoms with Gasteiger partial charge in [0.2, 0.25) is 0 Å². The van der Waals surface area contributed by atoms with Crippen molar-refractivity contribution < 1.29 is 4.79 Å². The van der Waals surface area contributed by atoms with Gasteiger partial charge >= 0.3 is 6.03 Å². The van der Waals surface area contributed by atoms with Crippen molar-refractivity contribution in [3.05, 3.63) is 66.4 Å². The number of nitrogens with one attached hydrogen (secondary N) is 1. The standard InChI is InChI=1S/C23H22N6O/c1-16-11-13-28(2)20-10-9-19(18-7-5-6-17(14-18)15-24)26-22(20)29(16)23(30)27-21-8-3-4-12-25-21/h3-10,12,14,16H,11,13H2,1-2H3,(H,25,27,30)/t16-/m1/s1. The van der Waals surface area contributed by atoms with Crippen molar-refractivity contribution in [1.29, 1.82) is 5.26 Å². The molecule has 1 aliphatic rings. The Morgan fingerprint density at radius 1 is 1.20 bits per heavy atom. The molecule has 0 bridgehead atoms. The second kappa shape index (κ2) is 8.21. The fourth-order valence-corrected chi connectivity index (χ4v) is 3.57. The van der Waals surface area contributed by atoms with Crippen molar-refractivity contribution in [2.75, 3.05) is 28.7 Å². The van der Waals surface area contributed by atoms with Gasteiger partial charge < -0.3 is 4.90 Å². The lowest BCUT2D eigenvalue weighted by atomic mass is 10.1. The lowest BCUT2D eigenvalue weighted by Crippen LogP contribution is -2.42. The van der Waals surface area contributed by atoms with Gasteiger partial charge in [-0.1, -0.05) is 18.2 Å². The number of benzene rings is 1. The van der Waals surface area contributed by atoms with Gasteiger partial charge in [0.05, 0.1) is 23.0 Å². The van der Waals surface area contributed by atoms with Crippen molar-refractivity contribution in [2.24, 2.45) is 0 Å². The van der Waals surface area contributed by atoms with Crippen molar-refractivity contribution in [3.63, 3.8) is 0 Å². The lowest BCUT2D eigenvalue weighted by Gasteiger charge is -2.28. The van der Waals surface area contributed by atoms with Gasteiger partial charge in [-0.15, -0.1) is 0 Å². The first-order valence-electron chi connectivity index (χ1n) is 9.81. The first-order valence-corrected chi connectivity index (χ1v) is 9.81. The zero-order chi connectivity index (χ0) is 21.1. The maximum Gasteiger partial charge on any atom is 0.328 e. The van der Waals surface area contributed by atoms with E-state index < -0.39 is 0 Å². The zero-order valence-corrected chi connectivity index (χ0v) is 16.9. The number of carbonyl (C=O) groups excluding carboxylic acids is 1. The molecule has 1 atom stereocenters. The summed E-state index contributed by atoms with van der Waals surface area (Å²) in [4.78, 5) is 26.1. The van der Waals surface area contributed by atoms with Crippen LogP contribution in [0, 0.1) is 11.3 Å². The van der Waals surface area contributed by atoms with Crippen LogP contribution in [0.5, 0.6) is 0 Å². The average Bonchev–Trinajstić information content (AvgIpc) is 2.90. The van der Waals surface area contributed by atoms with Gasteiger partial charge in [0.25, 0.3) is 0 Å². The number of nitriles is 1. The van der Waals surface area contributed by atoms with E-state index in [2.05, 4.69) is 21.3 Å². The topological polar surface area (TPSA) is 85.2 Å². The monoisotopic (exact) mass is 398 g/mol. The van der Waals surface area contributed by atoms with Gasteiger partial charge in [-0.05, 0) is 49.7 Å². The van der Waals surface area contributed by atoms with E-state index in [4.69, 9.17) is 4.98 Å². The van der Waals surface area contributed by atoms with Crippen LogP contribution in [-0.2, 0) is 0 Å². The van der Waals surface area contributed by atoms with E-state index in [1.807, 2.05) is 44.3 Å². The molecule has 0 aliphatic carbocycles. The van der Waals surface area contributed by atoms with Crippen LogP contribution in [-0.4, -0.2) is 35.6 Å². The molecule has 0 saturated carbocycles. The number of amides is 2. The second-order valence-electron chi connectivity index (χ2n) is 7.31. The first kappa shape index (κ1) is 19.4. The Morgan fingerprint density at radius 3 is 2.83 bits per heavy atom. The molecule has 0 saturated heterocycles. The van der Waals surface area contributed by atoms with Crippen LogP contribution in [0.2, 0.25) is 0 Å². The summed E-state index contributed by atoms with van der Waals surface area (Å²) in [6.45, 7) is 2.83. The van der Waals surface area contributed by atoms with E-state index in [0.29, 0.717) is 22.9 Å².